The van der Waals surface area contributed by atoms with E-state index in [0.29, 0.717) is 24.0 Å². The maximum absolute atomic E-state index is 13.0. The van der Waals surface area contributed by atoms with E-state index in [-0.39, 0.29) is 5.91 Å². The van der Waals surface area contributed by atoms with Gasteiger partial charge in [-0.05, 0) is 48.5 Å². The van der Waals surface area contributed by atoms with Gasteiger partial charge in [-0.2, -0.15) is 0 Å². The van der Waals surface area contributed by atoms with Crippen molar-refractivity contribution < 1.29 is 9.53 Å². The number of fused-ring (bicyclic) bond motifs is 1. The highest BCUT2D eigenvalue weighted by Crippen LogP contribution is 2.23. The van der Waals surface area contributed by atoms with E-state index >= 15 is 0 Å². The number of pyridine rings is 1. The van der Waals surface area contributed by atoms with Crippen molar-refractivity contribution >= 4 is 34.2 Å². The van der Waals surface area contributed by atoms with Crippen LogP contribution >= 0.6 is 11.3 Å². The van der Waals surface area contributed by atoms with Crippen molar-refractivity contribution in [1.29, 1.82) is 0 Å². The first kappa shape index (κ1) is 20.9. The molecule has 2 aromatic carbocycles. The van der Waals surface area contributed by atoms with Gasteiger partial charge in [0.05, 0.1) is 15.9 Å². The summed E-state index contributed by atoms with van der Waals surface area (Å²) in [5, 5.41) is 3.00. The molecule has 5 aromatic rings. The molecule has 7 heteroatoms. The number of aryl methyl sites for hydroxylation is 2. The van der Waals surface area contributed by atoms with Gasteiger partial charge in [-0.15, -0.1) is 11.3 Å². The Balaban J connectivity index is 1.31. The first-order chi connectivity index (χ1) is 16.3. The lowest BCUT2D eigenvalue weighted by Gasteiger charge is -2.09. The predicted molar refractivity (Wildman–Crippen MR) is 131 cm³/mol. The molecule has 0 saturated carbocycles. The summed E-state index contributed by atoms with van der Waals surface area (Å²) >= 11 is 1.42. The molecular weight excluding hydrogens is 432 g/mol. The molecule has 0 bridgehead atoms. The minimum atomic E-state index is -0.180. The molecule has 0 saturated heterocycles. The number of benzene rings is 2. The van der Waals surface area contributed by atoms with Gasteiger partial charge < -0.3 is 9.30 Å². The first-order valence-corrected chi connectivity index (χ1v) is 11.5. The van der Waals surface area contributed by atoms with Crippen molar-refractivity contribution in [3.8, 4) is 5.75 Å². The summed E-state index contributed by atoms with van der Waals surface area (Å²) in [5.74, 6) is 1.16. The Bertz CT molecular complexity index is 1360. The molecule has 5 rings (SSSR count). The van der Waals surface area contributed by atoms with Crippen molar-refractivity contribution in [3.63, 3.8) is 0 Å². The molecule has 1 N–H and O–H groups in total. The van der Waals surface area contributed by atoms with Gasteiger partial charge in [0.25, 0.3) is 5.91 Å². The van der Waals surface area contributed by atoms with Gasteiger partial charge in [0.2, 0.25) is 5.95 Å². The Kier molecular flexibility index (Phi) is 6.12. The van der Waals surface area contributed by atoms with Crippen LogP contribution in [0, 0.1) is 0 Å². The van der Waals surface area contributed by atoms with E-state index in [1.807, 2.05) is 89.5 Å². The Labute approximate surface area is 195 Å². The number of nitrogens with one attached hydrogen (secondary N) is 1. The van der Waals surface area contributed by atoms with Crippen molar-refractivity contribution in [2.75, 3.05) is 5.32 Å². The highest BCUT2D eigenvalue weighted by atomic mass is 32.1. The van der Waals surface area contributed by atoms with E-state index in [9.17, 15) is 4.79 Å². The summed E-state index contributed by atoms with van der Waals surface area (Å²) in [4.78, 5) is 23.7. The topological polar surface area (TPSA) is 69.0 Å². The van der Waals surface area contributed by atoms with E-state index < -0.39 is 0 Å². The van der Waals surface area contributed by atoms with E-state index in [0.717, 1.165) is 33.8 Å². The average Bonchev–Trinajstić information content (AvgIpc) is 3.47. The second-order valence-electron chi connectivity index (χ2n) is 7.47. The van der Waals surface area contributed by atoms with Gasteiger partial charge in [0.1, 0.15) is 12.4 Å². The molecule has 3 aromatic heterocycles. The normalized spacial score (nSPS) is 10.9. The van der Waals surface area contributed by atoms with Crippen LogP contribution < -0.4 is 10.1 Å². The van der Waals surface area contributed by atoms with Crippen LogP contribution in [-0.4, -0.2) is 20.4 Å². The van der Waals surface area contributed by atoms with Crippen LogP contribution in [0.5, 0.6) is 5.75 Å². The fraction of sp³-hybridized carbons (Fsp3) is 0.115. The number of para-hydroxylation sites is 3. The van der Waals surface area contributed by atoms with Crippen LogP contribution in [0.4, 0.5) is 5.95 Å². The number of nitrogens with zero attached hydrogens (tertiary/aromatic N) is 3. The van der Waals surface area contributed by atoms with Crippen molar-refractivity contribution in [2.24, 2.45) is 0 Å². The van der Waals surface area contributed by atoms with E-state index in [4.69, 9.17) is 4.74 Å². The minimum absolute atomic E-state index is 0.180. The second kappa shape index (κ2) is 9.67. The molecule has 0 fully saturated rings. The van der Waals surface area contributed by atoms with E-state index in [1.54, 1.807) is 6.20 Å². The van der Waals surface area contributed by atoms with E-state index in [1.165, 1.54) is 11.3 Å². The molecule has 0 atom stereocenters. The Morgan fingerprint density at radius 2 is 1.76 bits per heavy atom. The number of carbonyl (C=O) groups excluding carboxylic acids is 1. The highest BCUT2D eigenvalue weighted by molar-refractivity contribution is 7.14. The quantitative estimate of drug-likeness (QED) is 0.333. The molecule has 33 heavy (non-hydrogen) atoms. The van der Waals surface area contributed by atoms with Crippen LogP contribution in [-0.2, 0) is 19.6 Å². The average molecular weight is 455 g/mol. The zero-order chi connectivity index (χ0) is 22.5. The monoisotopic (exact) mass is 454 g/mol. The number of hydrogen-bond donors (Lipinski definition) is 1. The smallest absolute Gasteiger partial charge is 0.268 e. The fourth-order valence-corrected chi connectivity index (χ4v) is 4.40. The number of hydrogen-bond acceptors (Lipinski definition) is 5. The third-order valence-electron chi connectivity index (χ3n) is 5.21. The summed E-state index contributed by atoms with van der Waals surface area (Å²) in [7, 11) is 0. The molecule has 0 aliphatic heterocycles. The standard InChI is InChI=1S/C26H22N4O2S/c31-25(24-14-13-21(33-24)18-32-20-9-2-1-3-10-20)29-26-28-22-11-4-5-12-23(22)30(26)17-15-19-8-6-7-16-27-19/h1-14,16H,15,17-18H2,(H,28,29,31). The SMILES string of the molecule is O=C(Nc1nc2ccccc2n1CCc1ccccn1)c1ccc(COc2ccccc2)s1. The largest absolute Gasteiger partial charge is 0.488 e. The van der Waals surface area contributed by atoms with Crippen LogP contribution in [0.15, 0.2) is 91.1 Å². The molecule has 164 valence electrons. The summed E-state index contributed by atoms with van der Waals surface area (Å²) < 4.78 is 7.83. The minimum Gasteiger partial charge on any atom is -0.488 e. The molecule has 0 aliphatic rings. The van der Waals surface area contributed by atoms with Gasteiger partial charge in [0.15, 0.2) is 0 Å². The summed E-state index contributed by atoms with van der Waals surface area (Å²) in [6, 6.07) is 27.2. The number of thiophene rings is 1. The van der Waals surface area contributed by atoms with Crippen molar-refractivity contribution in [1.82, 2.24) is 14.5 Å². The number of anilines is 1. The number of ether oxygens (including phenoxy) is 1. The maximum atomic E-state index is 13.0. The zero-order valence-corrected chi connectivity index (χ0v) is 18.7. The van der Waals surface area contributed by atoms with E-state index in [2.05, 4.69) is 15.3 Å². The molecule has 0 radical (unpaired) electrons. The number of amides is 1. The highest BCUT2D eigenvalue weighted by Gasteiger charge is 2.16. The maximum Gasteiger partial charge on any atom is 0.268 e. The van der Waals surface area contributed by atoms with Crippen molar-refractivity contribution in [2.45, 2.75) is 19.6 Å². The van der Waals surface area contributed by atoms with Gasteiger partial charge >= 0.3 is 0 Å². The molecule has 3 heterocycles. The summed E-state index contributed by atoms with van der Waals surface area (Å²) in [6.45, 7) is 1.08. The van der Waals surface area contributed by atoms with Crippen LogP contribution in [0.3, 0.4) is 0 Å². The number of imidazole rings is 1. The lowest BCUT2D eigenvalue weighted by molar-refractivity contribution is 0.102. The Hall–Kier alpha value is -3.97. The van der Waals surface area contributed by atoms with Crippen LogP contribution in [0.25, 0.3) is 11.0 Å². The Morgan fingerprint density at radius 1 is 0.939 bits per heavy atom. The molecule has 1 amide bonds. The van der Waals surface area contributed by atoms with Crippen LogP contribution in [0.1, 0.15) is 20.2 Å². The lowest BCUT2D eigenvalue weighted by Crippen LogP contribution is -2.15. The number of carbonyl (C=O) groups is 1. The molecule has 0 unspecified atom stereocenters. The predicted octanol–water partition coefficient (Wildman–Crippen LogP) is 5.57. The third kappa shape index (κ3) is 4.94. The number of aromatic nitrogens is 3. The van der Waals surface area contributed by atoms with Crippen LogP contribution in [0.2, 0.25) is 0 Å². The molecule has 0 aliphatic carbocycles. The summed E-state index contributed by atoms with van der Waals surface area (Å²) in [5.41, 5.74) is 2.82. The zero-order valence-electron chi connectivity index (χ0n) is 17.8. The van der Waals surface area contributed by atoms with Gasteiger partial charge in [0, 0.05) is 29.7 Å². The van der Waals surface area contributed by atoms with Crippen molar-refractivity contribution in [3.05, 3.63) is 107 Å². The molecular formula is C26H22N4O2S. The summed E-state index contributed by atoms with van der Waals surface area (Å²) in [6.07, 6.45) is 2.53. The third-order valence-corrected chi connectivity index (χ3v) is 6.26. The fourth-order valence-electron chi connectivity index (χ4n) is 3.58. The first-order valence-electron chi connectivity index (χ1n) is 10.7. The van der Waals surface area contributed by atoms with Gasteiger partial charge in [-0.1, -0.05) is 36.4 Å². The number of rotatable bonds is 8. The second-order valence-corrected chi connectivity index (χ2v) is 8.64. The lowest BCUT2D eigenvalue weighted by atomic mass is 10.2. The molecule has 0 spiro atoms. The Morgan fingerprint density at radius 3 is 2.61 bits per heavy atom. The van der Waals surface area contributed by atoms with Gasteiger partial charge in [-0.25, -0.2) is 4.98 Å². The van der Waals surface area contributed by atoms with Gasteiger partial charge in [-0.3, -0.25) is 15.1 Å². The molecule has 6 nitrogen and oxygen atoms in total.